The van der Waals surface area contributed by atoms with Crippen LogP contribution >= 0.6 is 22.9 Å². The van der Waals surface area contributed by atoms with Gasteiger partial charge in [-0.25, -0.2) is 0 Å². The molecule has 0 bridgehead atoms. The number of carboxylic acids is 1. The van der Waals surface area contributed by atoms with Gasteiger partial charge in [-0.05, 0) is 18.9 Å². The van der Waals surface area contributed by atoms with E-state index >= 15 is 0 Å². The van der Waals surface area contributed by atoms with Crippen molar-refractivity contribution in [3.8, 4) is 5.06 Å². The van der Waals surface area contributed by atoms with Crippen molar-refractivity contribution in [3.05, 3.63) is 29.3 Å². The Morgan fingerprint density at radius 3 is 2.77 bits per heavy atom. The molecule has 1 aliphatic heterocycles. The molecule has 0 saturated carbocycles. The van der Waals surface area contributed by atoms with Gasteiger partial charge in [0.15, 0.2) is 5.06 Å². The number of aliphatic carboxylic acids is 1. The van der Waals surface area contributed by atoms with Gasteiger partial charge in [-0.3, -0.25) is 9.59 Å². The Bertz CT molecular complexity index is 791. The van der Waals surface area contributed by atoms with Crippen molar-refractivity contribution in [1.29, 1.82) is 0 Å². The zero-order chi connectivity index (χ0) is 18.5. The molecule has 3 rings (SSSR count). The van der Waals surface area contributed by atoms with E-state index in [-0.39, 0.29) is 18.4 Å². The quantitative estimate of drug-likeness (QED) is 0.472. The van der Waals surface area contributed by atoms with Gasteiger partial charge in [0.2, 0.25) is 5.91 Å². The molecular weight excluding hydrogens is 374 g/mol. The molecule has 7 heteroatoms. The van der Waals surface area contributed by atoms with E-state index < -0.39 is 5.97 Å². The van der Waals surface area contributed by atoms with Crippen LogP contribution in [0.1, 0.15) is 38.5 Å². The van der Waals surface area contributed by atoms with Gasteiger partial charge in [0.05, 0.1) is 12.5 Å². The summed E-state index contributed by atoms with van der Waals surface area (Å²) in [4.78, 5) is 24.2. The number of likely N-dealkylation sites (tertiary alicyclic amines) is 1. The number of β-lactam (4-membered cyclic amide) rings is 1. The highest BCUT2D eigenvalue weighted by Gasteiger charge is 2.36. The van der Waals surface area contributed by atoms with Crippen molar-refractivity contribution in [1.82, 2.24) is 4.90 Å². The first-order chi connectivity index (χ1) is 12.6. The molecule has 1 aromatic carbocycles. The lowest BCUT2D eigenvalue weighted by atomic mass is 10.0. The Morgan fingerprint density at radius 1 is 1.27 bits per heavy atom. The Hall–Kier alpha value is -1.79. The van der Waals surface area contributed by atoms with Gasteiger partial charge in [0.25, 0.3) is 0 Å². The van der Waals surface area contributed by atoms with Crippen LogP contribution in [0.5, 0.6) is 5.06 Å². The Labute approximate surface area is 161 Å². The summed E-state index contributed by atoms with van der Waals surface area (Å²) in [6.45, 7) is 1.16. The van der Waals surface area contributed by atoms with Crippen LogP contribution < -0.4 is 4.74 Å². The lowest BCUT2D eigenvalue weighted by molar-refractivity contribution is -0.147. The molecule has 26 heavy (non-hydrogen) atoms. The number of unbranched alkanes of at least 4 members (excludes halogenated alkanes) is 3. The molecule has 1 fully saturated rings. The fourth-order valence-corrected chi connectivity index (χ4v) is 4.49. The lowest BCUT2D eigenvalue weighted by Gasteiger charge is -2.40. The van der Waals surface area contributed by atoms with E-state index in [0.29, 0.717) is 36.1 Å². The van der Waals surface area contributed by atoms with E-state index in [2.05, 4.69) is 0 Å². The molecule has 2 aromatic rings. The number of hydrogen-bond acceptors (Lipinski definition) is 4. The number of fused-ring (bicyclic) bond motifs is 1. The summed E-state index contributed by atoms with van der Waals surface area (Å²) in [6.07, 6.45) is 4.14. The van der Waals surface area contributed by atoms with Crippen molar-refractivity contribution in [2.24, 2.45) is 0 Å². The second-order valence-electron chi connectivity index (χ2n) is 6.51. The second kappa shape index (κ2) is 8.73. The molecule has 1 N–H and O–H groups in total. The highest BCUT2D eigenvalue weighted by atomic mass is 35.5. The van der Waals surface area contributed by atoms with Gasteiger partial charge in [-0.2, -0.15) is 0 Å². The molecule has 1 aliphatic rings. The number of nitrogens with zero attached hydrogens (tertiary/aromatic N) is 1. The Balaban J connectivity index is 1.43. The van der Waals surface area contributed by atoms with Gasteiger partial charge >= 0.3 is 5.97 Å². The van der Waals surface area contributed by atoms with Crippen molar-refractivity contribution < 1.29 is 19.4 Å². The van der Waals surface area contributed by atoms with Gasteiger partial charge in [-0.15, -0.1) is 0 Å². The third-order valence-electron chi connectivity index (χ3n) is 4.62. The predicted molar refractivity (Wildman–Crippen MR) is 103 cm³/mol. The number of carbonyl (C=O) groups is 2. The molecule has 1 saturated heterocycles. The van der Waals surface area contributed by atoms with Crippen molar-refractivity contribution in [2.75, 3.05) is 13.2 Å². The average molecular weight is 396 g/mol. The van der Waals surface area contributed by atoms with Gasteiger partial charge in [0, 0.05) is 23.1 Å². The molecule has 0 unspecified atom stereocenters. The summed E-state index contributed by atoms with van der Waals surface area (Å²) in [5.74, 6) is -0.591. The van der Waals surface area contributed by atoms with Crippen LogP contribution in [0, 0.1) is 0 Å². The van der Waals surface area contributed by atoms with E-state index in [0.717, 1.165) is 29.3 Å². The zero-order valence-electron chi connectivity index (χ0n) is 14.4. The first kappa shape index (κ1) is 19.0. The van der Waals surface area contributed by atoms with Crippen LogP contribution in [0.15, 0.2) is 24.3 Å². The van der Waals surface area contributed by atoms with Gasteiger partial charge in [-0.1, -0.05) is 54.0 Å². The minimum Gasteiger partial charge on any atom is -0.481 e. The predicted octanol–water partition coefficient (Wildman–Crippen LogP) is 4.57. The van der Waals surface area contributed by atoms with Crippen LogP contribution in [0.25, 0.3) is 10.1 Å². The first-order valence-corrected chi connectivity index (χ1v) is 10.1. The number of hydrogen-bond donors (Lipinski definition) is 1. The summed E-state index contributed by atoms with van der Waals surface area (Å²) in [7, 11) is 0. The maximum Gasteiger partial charge on any atom is 0.303 e. The van der Waals surface area contributed by atoms with Crippen molar-refractivity contribution in [3.63, 3.8) is 0 Å². The molecule has 1 amide bonds. The van der Waals surface area contributed by atoms with Crippen LogP contribution in [-0.4, -0.2) is 41.1 Å². The molecule has 140 valence electrons. The number of rotatable bonds is 10. The standard InChI is InChI=1S/C19H22ClNO4S/c20-18-14-7-4-5-8-15(14)26-19(18)25-12-13-11-16(22)21(13)10-6-2-1-3-9-17(23)24/h4-5,7-8,13H,1-3,6,9-12H2,(H,23,24)/t13-/m1/s1. The number of halogens is 1. The number of thiophene rings is 1. The normalized spacial score (nSPS) is 16.7. The third-order valence-corrected chi connectivity index (χ3v) is 6.19. The number of benzene rings is 1. The minimum atomic E-state index is -0.750. The summed E-state index contributed by atoms with van der Waals surface area (Å²) in [6, 6.07) is 8.02. The first-order valence-electron chi connectivity index (χ1n) is 8.87. The van der Waals surface area contributed by atoms with Crippen LogP contribution in [-0.2, 0) is 9.59 Å². The maximum absolute atomic E-state index is 11.8. The molecule has 0 aliphatic carbocycles. The molecule has 0 radical (unpaired) electrons. The largest absolute Gasteiger partial charge is 0.481 e. The topological polar surface area (TPSA) is 66.8 Å². The minimum absolute atomic E-state index is 0.0998. The van der Waals surface area contributed by atoms with Gasteiger partial charge < -0.3 is 14.7 Å². The van der Waals surface area contributed by atoms with Crippen molar-refractivity contribution >= 4 is 44.9 Å². The SMILES string of the molecule is O=C(O)CCCCCCN1C(=O)C[C@@H]1COc1sc2ccccc2c1Cl. The fraction of sp³-hybridized carbons (Fsp3) is 0.474. The molecule has 2 heterocycles. The second-order valence-corrected chi connectivity index (χ2v) is 7.91. The molecule has 1 aromatic heterocycles. The maximum atomic E-state index is 11.8. The van der Waals surface area contributed by atoms with E-state index in [1.165, 1.54) is 11.3 Å². The fourth-order valence-electron chi connectivity index (χ4n) is 3.14. The van der Waals surface area contributed by atoms with Crippen LogP contribution in [0.3, 0.4) is 0 Å². The molecule has 5 nitrogen and oxygen atoms in total. The number of carboxylic acid groups (broad SMARTS) is 1. The highest BCUT2D eigenvalue weighted by Crippen LogP contribution is 2.41. The number of ether oxygens (including phenoxy) is 1. The average Bonchev–Trinajstić information content (AvgIpc) is 2.93. The molecule has 1 atom stereocenters. The summed E-state index contributed by atoms with van der Waals surface area (Å²) in [5.41, 5.74) is 0. The van der Waals surface area contributed by atoms with E-state index in [4.69, 9.17) is 21.4 Å². The zero-order valence-corrected chi connectivity index (χ0v) is 16.0. The van der Waals surface area contributed by atoms with E-state index in [9.17, 15) is 9.59 Å². The third kappa shape index (κ3) is 4.48. The van der Waals surface area contributed by atoms with E-state index in [1.54, 1.807) is 0 Å². The lowest BCUT2D eigenvalue weighted by Crippen LogP contribution is -2.55. The number of amides is 1. The monoisotopic (exact) mass is 395 g/mol. The smallest absolute Gasteiger partial charge is 0.303 e. The summed E-state index contributed by atoms with van der Waals surface area (Å²) < 4.78 is 7.00. The van der Waals surface area contributed by atoms with E-state index in [1.807, 2.05) is 29.2 Å². The summed E-state index contributed by atoms with van der Waals surface area (Å²) >= 11 is 7.91. The Kier molecular flexibility index (Phi) is 6.38. The van der Waals surface area contributed by atoms with Crippen LogP contribution in [0.2, 0.25) is 5.02 Å². The van der Waals surface area contributed by atoms with Crippen molar-refractivity contribution in [2.45, 2.75) is 44.6 Å². The molecule has 0 spiro atoms. The Morgan fingerprint density at radius 2 is 2.04 bits per heavy atom. The molecular formula is C19H22ClNO4S. The number of carbonyl (C=O) groups excluding carboxylic acids is 1. The summed E-state index contributed by atoms with van der Waals surface area (Å²) in [5, 5.41) is 11.0. The van der Waals surface area contributed by atoms with Crippen LogP contribution in [0.4, 0.5) is 0 Å². The van der Waals surface area contributed by atoms with Gasteiger partial charge in [0.1, 0.15) is 11.6 Å². The highest BCUT2D eigenvalue weighted by molar-refractivity contribution is 7.21.